The van der Waals surface area contributed by atoms with Gasteiger partial charge in [-0.2, -0.15) is 8.42 Å². The highest BCUT2D eigenvalue weighted by Crippen LogP contribution is 2.18. The molecule has 25 heavy (non-hydrogen) atoms. The van der Waals surface area contributed by atoms with Crippen LogP contribution in [0.5, 0.6) is 5.75 Å². The van der Waals surface area contributed by atoms with E-state index in [1.165, 1.54) is 31.4 Å². The number of esters is 1. The van der Waals surface area contributed by atoms with Crippen LogP contribution >= 0.6 is 0 Å². The summed E-state index contributed by atoms with van der Waals surface area (Å²) < 4.78 is 44.3. The number of hydrogen-bond acceptors (Lipinski definition) is 8. The molecular formula is C15H20N2O7S. The molecule has 0 aromatic heterocycles. The molecule has 0 spiro atoms. The molecular weight excluding hydrogens is 352 g/mol. The van der Waals surface area contributed by atoms with E-state index in [0.717, 1.165) is 0 Å². The zero-order valence-electron chi connectivity index (χ0n) is 14.0. The quantitative estimate of drug-likeness (QED) is 0.320. The number of hydrogen-bond donors (Lipinski definition) is 0. The first kappa shape index (κ1) is 19.0. The van der Waals surface area contributed by atoms with Gasteiger partial charge in [0.1, 0.15) is 10.6 Å². The van der Waals surface area contributed by atoms with Crippen molar-refractivity contribution in [3.05, 3.63) is 24.3 Å². The van der Waals surface area contributed by atoms with Gasteiger partial charge in [-0.1, -0.05) is 0 Å². The van der Waals surface area contributed by atoms with Gasteiger partial charge < -0.3 is 19.1 Å². The van der Waals surface area contributed by atoms with E-state index in [4.69, 9.17) is 18.5 Å². The molecule has 9 nitrogen and oxygen atoms in total. The lowest BCUT2D eigenvalue weighted by Crippen LogP contribution is -2.45. The molecule has 10 heteroatoms. The van der Waals surface area contributed by atoms with E-state index in [9.17, 15) is 13.2 Å². The number of benzene rings is 1. The summed E-state index contributed by atoms with van der Waals surface area (Å²) in [5.41, 5.74) is 0. The largest absolute Gasteiger partial charge is 0.497 e. The van der Waals surface area contributed by atoms with Gasteiger partial charge in [-0.3, -0.25) is 4.28 Å². The fourth-order valence-electron chi connectivity index (χ4n) is 2.06. The molecule has 1 aromatic rings. The Morgan fingerprint density at radius 1 is 1.24 bits per heavy atom. The summed E-state index contributed by atoms with van der Waals surface area (Å²) in [7, 11) is -2.71. The van der Waals surface area contributed by atoms with Crippen molar-refractivity contribution in [2.24, 2.45) is 5.16 Å². The van der Waals surface area contributed by atoms with Gasteiger partial charge in [0, 0.05) is 13.1 Å². The summed E-state index contributed by atoms with van der Waals surface area (Å²) in [6.07, 6.45) is 0. The highest BCUT2D eigenvalue weighted by Gasteiger charge is 2.26. The summed E-state index contributed by atoms with van der Waals surface area (Å²) in [5, 5.41) is 3.55. The minimum Gasteiger partial charge on any atom is -0.497 e. The van der Waals surface area contributed by atoms with Crippen molar-refractivity contribution in [1.82, 2.24) is 4.90 Å². The van der Waals surface area contributed by atoms with Crippen molar-refractivity contribution in [2.45, 2.75) is 11.8 Å². The predicted molar refractivity (Wildman–Crippen MR) is 87.7 cm³/mol. The molecule has 1 heterocycles. The van der Waals surface area contributed by atoms with Gasteiger partial charge in [0.2, 0.25) is 0 Å². The average molecular weight is 372 g/mol. The maximum absolute atomic E-state index is 12.2. The van der Waals surface area contributed by atoms with Crippen molar-refractivity contribution < 1.29 is 31.7 Å². The maximum Gasteiger partial charge on any atom is 0.377 e. The van der Waals surface area contributed by atoms with Gasteiger partial charge in [-0.05, 0) is 36.3 Å². The smallest absolute Gasteiger partial charge is 0.377 e. The summed E-state index contributed by atoms with van der Waals surface area (Å²) >= 11 is 0. The van der Waals surface area contributed by atoms with Crippen LogP contribution in [0, 0.1) is 0 Å². The normalized spacial score (nSPS) is 15.6. The Morgan fingerprint density at radius 3 is 2.44 bits per heavy atom. The third kappa shape index (κ3) is 5.07. The highest BCUT2D eigenvalue weighted by molar-refractivity contribution is 7.86. The molecule has 1 saturated heterocycles. The van der Waals surface area contributed by atoms with Crippen LogP contribution in [-0.4, -0.2) is 65.1 Å². The second-order valence-corrected chi connectivity index (χ2v) is 6.47. The first-order chi connectivity index (χ1) is 12.0. The molecule has 0 amide bonds. The van der Waals surface area contributed by atoms with E-state index in [0.29, 0.717) is 32.1 Å². The number of carbonyl (C=O) groups is 1. The lowest BCUT2D eigenvalue weighted by molar-refractivity contribution is -0.136. The molecule has 1 aliphatic rings. The Morgan fingerprint density at radius 2 is 1.88 bits per heavy atom. The van der Waals surface area contributed by atoms with Crippen LogP contribution in [0.2, 0.25) is 0 Å². The van der Waals surface area contributed by atoms with E-state index in [1.54, 1.807) is 11.8 Å². The Bertz CT molecular complexity index is 710. The van der Waals surface area contributed by atoms with Crippen LogP contribution in [0.4, 0.5) is 0 Å². The third-order valence-electron chi connectivity index (χ3n) is 3.34. The van der Waals surface area contributed by atoms with Crippen LogP contribution < -0.4 is 4.74 Å². The van der Waals surface area contributed by atoms with Gasteiger partial charge in [0.25, 0.3) is 5.84 Å². The van der Waals surface area contributed by atoms with E-state index in [1.807, 2.05) is 0 Å². The molecule has 0 bridgehead atoms. The van der Waals surface area contributed by atoms with Crippen LogP contribution in [-0.2, 0) is 28.7 Å². The van der Waals surface area contributed by atoms with E-state index in [2.05, 4.69) is 5.16 Å². The molecule has 0 atom stereocenters. The van der Waals surface area contributed by atoms with Crippen molar-refractivity contribution in [2.75, 3.05) is 40.0 Å². The molecule has 0 unspecified atom stereocenters. The second kappa shape index (κ2) is 8.67. The molecule has 1 aliphatic heterocycles. The summed E-state index contributed by atoms with van der Waals surface area (Å²) in [6, 6.07) is 5.60. The number of oxime groups is 1. The summed E-state index contributed by atoms with van der Waals surface area (Å²) in [5.74, 6) is -0.459. The lowest BCUT2D eigenvalue weighted by atomic mass is 10.3. The Kier molecular flexibility index (Phi) is 6.59. The molecule has 1 fully saturated rings. The molecule has 0 aliphatic carbocycles. The highest BCUT2D eigenvalue weighted by atomic mass is 32.2. The Hall–Kier alpha value is -2.33. The monoisotopic (exact) mass is 372 g/mol. The van der Waals surface area contributed by atoms with Gasteiger partial charge in [0.15, 0.2) is 0 Å². The molecule has 1 aromatic carbocycles. The molecule has 138 valence electrons. The number of amidine groups is 1. The van der Waals surface area contributed by atoms with E-state index >= 15 is 0 Å². The number of morpholine rings is 1. The number of rotatable bonds is 5. The minimum atomic E-state index is -4.18. The first-order valence-electron chi connectivity index (χ1n) is 7.63. The summed E-state index contributed by atoms with van der Waals surface area (Å²) in [6.45, 7) is 3.32. The predicted octanol–water partition coefficient (Wildman–Crippen LogP) is 0.609. The zero-order chi connectivity index (χ0) is 18.3. The molecule has 2 rings (SSSR count). The van der Waals surface area contributed by atoms with Crippen LogP contribution in [0.15, 0.2) is 34.3 Å². The summed E-state index contributed by atoms with van der Waals surface area (Å²) in [4.78, 5) is 13.5. The van der Waals surface area contributed by atoms with E-state index in [-0.39, 0.29) is 17.3 Å². The fraction of sp³-hybridized carbons (Fsp3) is 0.467. The fourth-order valence-corrected chi connectivity index (χ4v) is 2.79. The number of ether oxygens (including phenoxy) is 3. The van der Waals surface area contributed by atoms with Crippen LogP contribution in [0.25, 0.3) is 0 Å². The van der Waals surface area contributed by atoms with E-state index < -0.39 is 16.1 Å². The van der Waals surface area contributed by atoms with Crippen molar-refractivity contribution in [1.29, 1.82) is 0 Å². The molecule has 0 radical (unpaired) electrons. The van der Waals surface area contributed by atoms with Gasteiger partial charge >= 0.3 is 16.1 Å². The van der Waals surface area contributed by atoms with Crippen LogP contribution in [0.1, 0.15) is 6.92 Å². The lowest BCUT2D eigenvalue weighted by Gasteiger charge is -2.27. The Balaban J connectivity index is 2.20. The maximum atomic E-state index is 12.2. The van der Waals surface area contributed by atoms with Crippen molar-refractivity contribution in [3.8, 4) is 5.75 Å². The third-order valence-corrected chi connectivity index (χ3v) is 4.46. The van der Waals surface area contributed by atoms with Gasteiger partial charge in [-0.25, -0.2) is 4.79 Å². The Labute approximate surface area is 146 Å². The standard InChI is InChI=1S/C15H20N2O7S/c1-3-23-15(18)14(17-8-10-22-11-9-17)16-24-25(19,20)13-6-4-12(21-2)5-7-13/h4-7H,3,8-11H2,1-2H3/b16-14-. The number of carbonyl (C=O) groups excluding carboxylic acids is 1. The van der Waals surface area contributed by atoms with Gasteiger partial charge in [0.05, 0.1) is 26.9 Å². The van der Waals surface area contributed by atoms with Crippen molar-refractivity contribution in [3.63, 3.8) is 0 Å². The minimum absolute atomic E-state index is 0.109. The first-order valence-corrected chi connectivity index (χ1v) is 9.04. The van der Waals surface area contributed by atoms with Crippen LogP contribution in [0.3, 0.4) is 0 Å². The topological polar surface area (TPSA) is 104 Å². The number of methoxy groups -OCH3 is 1. The van der Waals surface area contributed by atoms with Crippen molar-refractivity contribution >= 4 is 21.9 Å². The average Bonchev–Trinajstić information content (AvgIpc) is 2.63. The second-order valence-electron chi connectivity index (χ2n) is 4.94. The van der Waals surface area contributed by atoms with Gasteiger partial charge in [-0.15, -0.1) is 0 Å². The molecule has 0 N–H and O–H groups in total. The number of nitrogens with zero attached hydrogens (tertiary/aromatic N) is 2. The SMILES string of the molecule is CCOC(=O)/C(=N/OS(=O)(=O)c1ccc(OC)cc1)N1CCOCC1. The molecule has 0 saturated carbocycles. The zero-order valence-corrected chi connectivity index (χ0v) is 14.8.